The largest absolute Gasteiger partial charge is 0.384 e. The lowest BCUT2D eigenvalue weighted by molar-refractivity contribution is -0.366. The molecule has 14 heavy (non-hydrogen) atoms. The van der Waals surface area contributed by atoms with Crippen LogP contribution in [-0.2, 0) is 14.2 Å². The fourth-order valence-corrected chi connectivity index (χ4v) is 1.99. The molecule has 0 unspecified atom stereocenters. The summed E-state index contributed by atoms with van der Waals surface area (Å²) in [6, 6.07) is 0. The summed E-state index contributed by atoms with van der Waals surface area (Å²) in [4.78, 5) is 0. The Labute approximate surface area is 84.1 Å². The predicted octanol–water partition coefficient (Wildman–Crippen LogP) is 0.881. The zero-order valence-corrected chi connectivity index (χ0v) is 9.11. The molecule has 0 aromatic carbocycles. The van der Waals surface area contributed by atoms with Gasteiger partial charge in [0, 0.05) is 5.92 Å². The lowest BCUT2D eigenvalue weighted by Crippen LogP contribution is -2.59. The summed E-state index contributed by atoms with van der Waals surface area (Å²) < 4.78 is 16.8. The normalized spacial score (nSPS) is 52.7. The van der Waals surface area contributed by atoms with Gasteiger partial charge in [0.1, 0.15) is 11.7 Å². The van der Waals surface area contributed by atoms with E-state index in [-0.39, 0.29) is 12.2 Å². The second kappa shape index (κ2) is 2.92. The van der Waals surface area contributed by atoms with Crippen molar-refractivity contribution in [3.63, 3.8) is 0 Å². The third-order valence-electron chi connectivity index (χ3n) is 3.00. The van der Waals surface area contributed by atoms with Gasteiger partial charge in [0.05, 0.1) is 6.61 Å². The van der Waals surface area contributed by atoms with Crippen LogP contribution >= 0.6 is 0 Å². The van der Waals surface area contributed by atoms with Crippen LogP contribution in [0.25, 0.3) is 0 Å². The maximum atomic E-state index is 9.95. The zero-order chi connectivity index (χ0) is 10.6. The minimum atomic E-state index is -0.901. The van der Waals surface area contributed by atoms with E-state index in [0.717, 1.165) is 0 Å². The maximum Gasteiger partial charge on any atom is 0.197 e. The SMILES string of the molecule is CC(C)[C@@H]1O[C@]2(C)OC[C@](C)(O1)[C@@H]2O. The number of hydrogen-bond acceptors (Lipinski definition) is 4. The van der Waals surface area contributed by atoms with Crippen LogP contribution in [0.15, 0.2) is 0 Å². The molecule has 2 aliphatic rings. The van der Waals surface area contributed by atoms with Crippen LogP contribution in [0.5, 0.6) is 0 Å². The van der Waals surface area contributed by atoms with E-state index in [2.05, 4.69) is 0 Å². The molecule has 0 aromatic rings. The van der Waals surface area contributed by atoms with Gasteiger partial charge in [-0.15, -0.1) is 0 Å². The van der Waals surface area contributed by atoms with Gasteiger partial charge in [0.25, 0.3) is 0 Å². The van der Waals surface area contributed by atoms with Crippen molar-refractivity contribution in [2.24, 2.45) is 5.92 Å². The van der Waals surface area contributed by atoms with E-state index in [1.807, 2.05) is 20.8 Å². The van der Waals surface area contributed by atoms with Gasteiger partial charge in [-0.1, -0.05) is 13.8 Å². The molecule has 4 atom stereocenters. The molecule has 2 aliphatic heterocycles. The van der Waals surface area contributed by atoms with Gasteiger partial charge in [-0.25, -0.2) is 0 Å². The molecular weight excluding hydrogens is 184 g/mol. The molecule has 1 N–H and O–H groups in total. The standard InChI is InChI=1S/C10H18O4/c1-6(2)7-13-9(3)5-12-10(4,14-7)8(9)11/h6-8,11H,5H2,1-4H3/t7-,8-,9-,10-/m0/s1. The van der Waals surface area contributed by atoms with Crippen LogP contribution in [0.2, 0.25) is 0 Å². The highest BCUT2D eigenvalue weighted by molar-refractivity contribution is 5.01. The van der Waals surface area contributed by atoms with E-state index in [1.54, 1.807) is 6.92 Å². The van der Waals surface area contributed by atoms with Gasteiger partial charge in [-0.3, -0.25) is 0 Å². The summed E-state index contributed by atoms with van der Waals surface area (Å²) >= 11 is 0. The van der Waals surface area contributed by atoms with Crippen LogP contribution in [-0.4, -0.2) is 35.5 Å². The molecular formula is C10H18O4. The van der Waals surface area contributed by atoms with Crippen molar-refractivity contribution in [2.75, 3.05) is 6.61 Å². The predicted molar refractivity (Wildman–Crippen MR) is 49.6 cm³/mol. The summed E-state index contributed by atoms with van der Waals surface area (Å²) in [5.74, 6) is -0.648. The van der Waals surface area contributed by atoms with E-state index >= 15 is 0 Å². The molecule has 2 saturated heterocycles. The number of fused-ring (bicyclic) bond motifs is 2. The summed E-state index contributed by atoms with van der Waals surface area (Å²) in [6.07, 6.45) is -1.01. The monoisotopic (exact) mass is 202 g/mol. The molecule has 82 valence electrons. The van der Waals surface area contributed by atoms with Crippen molar-refractivity contribution in [3.05, 3.63) is 0 Å². The van der Waals surface area contributed by atoms with Gasteiger partial charge in [0.15, 0.2) is 12.1 Å². The van der Waals surface area contributed by atoms with Crippen LogP contribution in [0, 0.1) is 5.92 Å². The Morgan fingerprint density at radius 1 is 1.29 bits per heavy atom. The van der Waals surface area contributed by atoms with Gasteiger partial charge in [0.2, 0.25) is 0 Å². The highest BCUT2D eigenvalue weighted by Crippen LogP contribution is 2.44. The van der Waals surface area contributed by atoms with E-state index in [1.165, 1.54) is 0 Å². The first-order valence-electron chi connectivity index (χ1n) is 5.05. The topological polar surface area (TPSA) is 47.9 Å². The Hall–Kier alpha value is -0.160. The van der Waals surface area contributed by atoms with Crippen molar-refractivity contribution in [1.82, 2.24) is 0 Å². The molecule has 0 aromatic heterocycles. The Balaban J connectivity index is 2.24. The third kappa shape index (κ3) is 1.29. The average molecular weight is 202 g/mol. The zero-order valence-electron chi connectivity index (χ0n) is 9.11. The first-order chi connectivity index (χ1) is 6.37. The van der Waals surface area contributed by atoms with Crippen LogP contribution < -0.4 is 0 Å². The number of hydrogen-bond donors (Lipinski definition) is 1. The third-order valence-corrected chi connectivity index (χ3v) is 3.00. The van der Waals surface area contributed by atoms with Crippen LogP contribution in [0.1, 0.15) is 27.7 Å². The molecule has 4 heteroatoms. The molecule has 2 heterocycles. The van der Waals surface area contributed by atoms with Crippen molar-refractivity contribution >= 4 is 0 Å². The smallest absolute Gasteiger partial charge is 0.197 e. The second-order valence-corrected chi connectivity index (χ2v) is 4.87. The van der Waals surface area contributed by atoms with E-state index < -0.39 is 17.5 Å². The highest BCUT2D eigenvalue weighted by Gasteiger charge is 2.61. The lowest BCUT2D eigenvalue weighted by Gasteiger charge is -2.43. The lowest BCUT2D eigenvalue weighted by atomic mass is 9.95. The highest BCUT2D eigenvalue weighted by atomic mass is 16.8. The number of rotatable bonds is 1. The summed E-state index contributed by atoms with van der Waals surface area (Å²) in [7, 11) is 0. The number of aliphatic hydroxyl groups is 1. The molecule has 0 spiro atoms. The molecule has 0 aliphatic carbocycles. The van der Waals surface area contributed by atoms with Crippen molar-refractivity contribution < 1.29 is 19.3 Å². The van der Waals surface area contributed by atoms with Crippen LogP contribution in [0.4, 0.5) is 0 Å². The number of ether oxygens (including phenoxy) is 3. The van der Waals surface area contributed by atoms with Gasteiger partial charge < -0.3 is 19.3 Å². The first kappa shape index (κ1) is 10.4. The van der Waals surface area contributed by atoms with Crippen LogP contribution in [0.3, 0.4) is 0 Å². The first-order valence-corrected chi connectivity index (χ1v) is 5.05. The van der Waals surface area contributed by atoms with Crippen molar-refractivity contribution in [2.45, 2.75) is 51.5 Å². The summed E-state index contributed by atoms with van der Waals surface area (Å²) in [5.41, 5.74) is -0.623. The Bertz CT molecular complexity index is 222. The molecule has 0 radical (unpaired) electrons. The fraction of sp³-hybridized carbons (Fsp3) is 1.00. The molecule has 2 fully saturated rings. The van der Waals surface area contributed by atoms with E-state index in [9.17, 15) is 5.11 Å². The van der Waals surface area contributed by atoms with E-state index in [4.69, 9.17) is 14.2 Å². The maximum absolute atomic E-state index is 9.95. The Morgan fingerprint density at radius 2 is 1.93 bits per heavy atom. The molecule has 0 amide bonds. The molecule has 0 saturated carbocycles. The average Bonchev–Trinajstić information content (AvgIpc) is 2.27. The Kier molecular flexibility index (Phi) is 2.16. The summed E-state index contributed by atoms with van der Waals surface area (Å²) in [5, 5.41) is 9.95. The molecule has 2 bridgehead atoms. The van der Waals surface area contributed by atoms with Crippen molar-refractivity contribution in [1.29, 1.82) is 0 Å². The van der Waals surface area contributed by atoms with E-state index in [0.29, 0.717) is 6.61 Å². The Morgan fingerprint density at radius 3 is 2.43 bits per heavy atom. The quantitative estimate of drug-likeness (QED) is 0.685. The minimum absolute atomic E-state index is 0.253. The summed E-state index contributed by atoms with van der Waals surface area (Å²) in [6.45, 7) is 8.05. The molecule has 2 rings (SSSR count). The van der Waals surface area contributed by atoms with Gasteiger partial charge in [-0.05, 0) is 13.8 Å². The van der Waals surface area contributed by atoms with Gasteiger partial charge in [-0.2, -0.15) is 0 Å². The van der Waals surface area contributed by atoms with Gasteiger partial charge >= 0.3 is 0 Å². The second-order valence-electron chi connectivity index (χ2n) is 4.87. The van der Waals surface area contributed by atoms with Crippen molar-refractivity contribution in [3.8, 4) is 0 Å². The number of aliphatic hydroxyl groups excluding tert-OH is 1. The molecule has 4 nitrogen and oxygen atoms in total. The fourth-order valence-electron chi connectivity index (χ4n) is 1.99. The minimum Gasteiger partial charge on any atom is -0.384 e.